The molecule has 0 saturated carbocycles. The number of rotatable bonds is 9. The first-order chi connectivity index (χ1) is 17.0. The second-order valence-corrected chi connectivity index (χ2v) is 9.62. The minimum atomic E-state index is -0.943. The maximum atomic E-state index is 13.8. The number of esters is 1. The molecule has 0 saturated heterocycles. The van der Waals surface area contributed by atoms with Crippen LogP contribution in [0.5, 0.6) is 5.75 Å². The van der Waals surface area contributed by atoms with E-state index in [-0.39, 0.29) is 30.4 Å². The number of nitrogens with zero attached hydrogens (tertiary/aromatic N) is 3. The molecule has 0 aliphatic carbocycles. The van der Waals surface area contributed by atoms with E-state index in [1.165, 1.54) is 18.3 Å². The summed E-state index contributed by atoms with van der Waals surface area (Å²) >= 11 is 0. The predicted molar refractivity (Wildman–Crippen MR) is 135 cm³/mol. The first kappa shape index (κ1) is 26.9. The Bertz CT molecular complexity index is 1240. The summed E-state index contributed by atoms with van der Waals surface area (Å²) in [6.45, 7) is 5.26. The van der Waals surface area contributed by atoms with E-state index in [0.29, 0.717) is 28.5 Å². The van der Waals surface area contributed by atoms with Gasteiger partial charge in [-0.15, -0.1) is 0 Å². The standard InChI is InChI=1S/C27H31FN4O4/c1-27(2,3)25(35)36-20-11-7-8-17(13-20)22(33)15-29-16-23(34)21-14-30-26(32(4)5)31-24(21)18-9-6-10-19(28)12-18/h6-14,22,29,33H,15-16H2,1-5H3. The maximum Gasteiger partial charge on any atom is 0.316 e. The lowest BCUT2D eigenvalue weighted by Crippen LogP contribution is -2.28. The Morgan fingerprint density at radius 1 is 1.14 bits per heavy atom. The Hall–Kier alpha value is -3.69. The quantitative estimate of drug-likeness (QED) is 0.263. The van der Waals surface area contributed by atoms with Crippen LogP contribution in [-0.2, 0) is 4.79 Å². The normalized spacial score (nSPS) is 12.2. The van der Waals surface area contributed by atoms with Crippen molar-refractivity contribution < 1.29 is 23.8 Å². The van der Waals surface area contributed by atoms with Crippen LogP contribution in [0.1, 0.15) is 42.8 Å². The molecule has 190 valence electrons. The molecule has 0 aliphatic heterocycles. The number of halogens is 1. The van der Waals surface area contributed by atoms with Gasteiger partial charge in [0, 0.05) is 32.4 Å². The molecule has 0 spiro atoms. The monoisotopic (exact) mass is 494 g/mol. The summed E-state index contributed by atoms with van der Waals surface area (Å²) in [5.74, 6) is -0.400. The van der Waals surface area contributed by atoms with Crippen LogP contribution in [0.15, 0.2) is 54.7 Å². The average molecular weight is 495 g/mol. The summed E-state index contributed by atoms with van der Waals surface area (Å²) in [4.78, 5) is 35.5. The molecule has 1 atom stereocenters. The van der Waals surface area contributed by atoms with Crippen molar-refractivity contribution in [3.63, 3.8) is 0 Å². The lowest BCUT2D eigenvalue weighted by Gasteiger charge is -2.18. The van der Waals surface area contributed by atoms with Crippen molar-refractivity contribution in [1.82, 2.24) is 15.3 Å². The summed E-state index contributed by atoms with van der Waals surface area (Å²) in [6.07, 6.45) is 0.483. The van der Waals surface area contributed by atoms with Crippen molar-refractivity contribution in [2.24, 2.45) is 5.41 Å². The van der Waals surface area contributed by atoms with Crippen LogP contribution in [0.3, 0.4) is 0 Å². The smallest absolute Gasteiger partial charge is 0.316 e. The lowest BCUT2D eigenvalue weighted by molar-refractivity contribution is -0.143. The number of carbonyl (C=O) groups is 2. The van der Waals surface area contributed by atoms with Gasteiger partial charge in [0.2, 0.25) is 5.95 Å². The molecule has 36 heavy (non-hydrogen) atoms. The molecule has 3 aromatic rings. The molecule has 1 aromatic heterocycles. The molecule has 3 rings (SSSR count). The largest absolute Gasteiger partial charge is 0.426 e. The summed E-state index contributed by atoms with van der Waals surface area (Å²) in [5, 5.41) is 13.5. The number of carbonyl (C=O) groups excluding carboxylic acids is 2. The Balaban J connectivity index is 1.69. The van der Waals surface area contributed by atoms with Crippen LogP contribution >= 0.6 is 0 Å². The third-order valence-electron chi connectivity index (χ3n) is 5.26. The van der Waals surface area contributed by atoms with Gasteiger partial charge >= 0.3 is 5.97 Å². The zero-order valence-electron chi connectivity index (χ0n) is 21.1. The third-order valence-corrected chi connectivity index (χ3v) is 5.26. The summed E-state index contributed by atoms with van der Waals surface area (Å²) in [5.41, 5.74) is 0.909. The molecule has 0 radical (unpaired) electrons. The van der Waals surface area contributed by atoms with Crippen LogP contribution in [0, 0.1) is 11.2 Å². The van der Waals surface area contributed by atoms with E-state index in [2.05, 4.69) is 15.3 Å². The second kappa shape index (κ2) is 11.4. The Labute approximate surface area is 210 Å². The van der Waals surface area contributed by atoms with E-state index in [1.54, 1.807) is 76.2 Å². The van der Waals surface area contributed by atoms with Gasteiger partial charge in [-0.05, 0) is 50.6 Å². The number of benzene rings is 2. The van der Waals surface area contributed by atoms with Gasteiger partial charge in [-0.25, -0.2) is 14.4 Å². The molecule has 0 aliphatic rings. The highest BCUT2D eigenvalue weighted by Gasteiger charge is 2.24. The molecular weight excluding hydrogens is 463 g/mol. The lowest BCUT2D eigenvalue weighted by atomic mass is 9.97. The van der Waals surface area contributed by atoms with Crippen molar-refractivity contribution in [1.29, 1.82) is 0 Å². The fourth-order valence-corrected chi connectivity index (χ4v) is 3.23. The zero-order chi connectivity index (χ0) is 26.5. The zero-order valence-corrected chi connectivity index (χ0v) is 21.1. The number of aliphatic hydroxyl groups is 1. The van der Waals surface area contributed by atoms with E-state index in [9.17, 15) is 19.1 Å². The van der Waals surface area contributed by atoms with Crippen LogP contribution in [0.25, 0.3) is 11.3 Å². The molecule has 1 unspecified atom stereocenters. The fraction of sp³-hybridized carbons (Fsp3) is 0.333. The van der Waals surface area contributed by atoms with E-state index < -0.39 is 17.3 Å². The Morgan fingerprint density at radius 3 is 2.53 bits per heavy atom. The SMILES string of the molecule is CN(C)c1ncc(C(=O)CNCC(O)c2cccc(OC(=O)C(C)(C)C)c2)c(-c2cccc(F)c2)n1. The molecule has 8 nitrogen and oxygen atoms in total. The molecule has 1 heterocycles. The highest BCUT2D eigenvalue weighted by molar-refractivity contribution is 6.02. The predicted octanol–water partition coefficient (Wildman–Crippen LogP) is 3.81. The number of nitrogens with one attached hydrogen (secondary N) is 1. The first-order valence-electron chi connectivity index (χ1n) is 11.5. The Kier molecular flexibility index (Phi) is 8.49. The number of aliphatic hydroxyl groups excluding tert-OH is 1. The minimum Gasteiger partial charge on any atom is -0.426 e. The summed E-state index contributed by atoms with van der Waals surface area (Å²) in [6, 6.07) is 12.5. The summed E-state index contributed by atoms with van der Waals surface area (Å²) < 4.78 is 19.2. The maximum absolute atomic E-state index is 13.8. The van der Waals surface area contributed by atoms with Crippen LogP contribution in [-0.4, -0.2) is 54.0 Å². The fourth-order valence-electron chi connectivity index (χ4n) is 3.23. The first-order valence-corrected chi connectivity index (χ1v) is 11.5. The number of ether oxygens (including phenoxy) is 1. The van der Waals surface area contributed by atoms with Gasteiger partial charge in [-0.3, -0.25) is 9.59 Å². The van der Waals surface area contributed by atoms with Gasteiger partial charge in [0.25, 0.3) is 0 Å². The van der Waals surface area contributed by atoms with Gasteiger partial charge in [0.15, 0.2) is 5.78 Å². The molecule has 2 N–H and O–H groups in total. The molecular formula is C27H31FN4O4. The minimum absolute atomic E-state index is 0.0777. The van der Waals surface area contributed by atoms with Crippen molar-refractivity contribution >= 4 is 17.7 Å². The number of Topliss-reactive ketones (excluding diaryl/α,β-unsaturated/α-hetero) is 1. The number of hydrogen-bond donors (Lipinski definition) is 2. The van der Waals surface area contributed by atoms with Gasteiger partial charge < -0.3 is 20.1 Å². The molecule has 0 fully saturated rings. The molecule has 2 aromatic carbocycles. The van der Waals surface area contributed by atoms with Crippen LogP contribution in [0.4, 0.5) is 10.3 Å². The summed E-state index contributed by atoms with van der Waals surface area (Å²) in [7, 11) is 3.54. The van der Waals surface area contributed by atoms with Crippen LogP contribution in [0.2, 0.25) is 0 Å². The molecule has 0 bridgehead atoms. The van der Waals surface area contributed by atoms with Gasteiger partial charge in [0.1, 0.15) is 11.6 Å². The van der Waals surface area contributed by atoms with Gasteiger partial charge in [-0.1, -0.05) is 24.3 Å². The topological polar surface area (TPSA) is 105 Å². The molecule has 0 amide bonds. The Morgan fingerprint density at radius 2 is 1.86 bits per heavy atom. The number of anilines is 1. The highest BCUT2D eigenvalue weighted by atomic mass is 19.1. The van der Waals surface area contributed by atoms with Crippen molar-refractivity contribution in [3.05, 3.63) is 71.7 Å². The molecule has 9 heteroatoms. The number of ketones is 1. The van der Waals surface area contributed by atoms with E-state index in [1.807, 2.05) is 0 Å². The van der Waals surface area contributed by atoms with E-state index in [4.69, 9.17) is 4.74 Å². The third kappa shape index (κ3) is 6.93. The van der Waals surface area contributed by atoms with E-state index >= 15 is 0 Å². The van der Waals surface area contributed by atoms with Crippen molar-refractivity contribution in [3.8, 4) is 17.0 Å². The number of aromatic nitrogens is 2. The van der Waals surface area contributed by atoms with Gasteiger partial charge in [-0.2, -0.15) is 0 Å². The second-order valence-electron chi connectivity index (χ2n) is 9.62. The van der Waals surface area contributed by atoms with Crippen LogP contribution < -0.4 is 15.0 Å². The van der Waals surface area contributed by atoms with E-state index in [0.717, 1.165) is 0 Å². The van der Waals surface area contributed by atoms with Gasteiger partial charge in [0.05, 0.1) is 29.3 Å². The number of hydrogen-bond acceptors (Lipinski definition) is 8. The highest BCUT2D eigenvalue weighted by Crippen LogP contribution is 2.25. The van der Waals surface area contributed by atoms with Crippen molar-refractivity contribution in [2.75, 3.05) is 32.1 Å². The van der Waals surface area contributed by atoms with Crippen molar-refractivity contribution in [2.45, 2.75) is 26.9 Å². The average Bonchev–Trinajstić information content (AvgIpc) is 2.83.